The zero-order valence-electron chi connectivity index (χ0n) is 16.6. The van der Waals surface area contributed by atoms with Crippen LogP contribution in [-0.2, 0) is 4.79 Å². The number of nitrogens with one attached hydrogen (secondary N) is 1. The maximum atomic E-state index is 13.3. The lowest BCUT2D eigenvalue weighted by Crippen LogP contribution is -2.35. The number of amides is 1. The molecular weight excluding hydrogens is 390 g/mol. The average molecular weight is 416 g/mol. The van der Waals surface area contributed by atoms with Gasteiger partial charge in [-0.05, 0) is 44.4 Å². The monoisotopic (exact) mass is 415 g/mol. The van der Waals surface area contributed by atoms with Crippen LogP contribution >= 0.6 is 23.1 Å². The molecule has 0 bridgehead atoms. The van der Waals surface area contributed by atoms with Crippen molar-refractivity contribution in [2.75, 3.05) is 5.75 Å². The number of carbonyl (C=O) groups is 1. The number of para-hydroxylation sites is 1. The summed E-state index contributed by atoms with van der Waals surface area (Å²) in [7, 11) is 0. The summed E-state index contributed by atoms with van der Waals surface area (Å²) in [5, 5.41) is 4.25. The first-order valence-corrected chi connectivity index (χ1v) is 11.3. The highest BCUT2D eigenvalue weighted by atomic mass is 32.2. The van der Waals surface area contributed by atoms with Crippen molar-refractivity contribution in [3.63, 3.8) is 0 Å². The predicted molar refractivity (Wildman–Crippen MR) is 118 cm³/mol. The fourth-order valence-electron chi connectivity index (χ4n) is 3.07. The van der Waals surface area contributed by atoms with Crippen molar-refractivity contribution in [3.05, 3.63) is 51.1 Å². The number of hydrogen-bond acceptors (Lipinski definition) is 5. The molecule has 0 spiro atoms. The lowest BCUT2D eigenvalue weighted by atomic mass is 10.2. The van der Waals surface area contributed by atoms with Crippen molar-refractivity contribution in [2.45, 2.75) is 51.7 Å². The Morgan fingerprint density at radius 3 is 2.54 bits per heavy atom. The third kappa shape index (κ3) is 4.15. The number of benzene rings is 1. The van der Waals surface area contributed by atoms with Crippen LogP contribution in [0, 0.1) is 13.8 Å². The van der Waals surface area contributed by atoms with Gasteiger partial charge in [0.2, 0.25) is 5.91 Å². The molecule has 1 amide bonds. The van der Waals surface area contributed by atoms with Crippen molar-refractivity contribution in [3.8, 4) is 5.69 Å². The SMILES string of the molecule is CCC(CC)NC(=O)CSc1nc2sc(C)c(C)c2c(=O)n1-c1ccccc1. The molecule has 5 nitrogen and oxygen atoms in total. The minimum absolute atomic E-state index is 0.0359. The van der Waals surface area contributed by atoms with Crippen molar-refractivity contribution in [2.24, 2.45) is 0 Å². The van der Waals surface area contributed by atoms with E-state index in [0.29, 0.717) is 10.5 Å². The quantitative estimate of drug-likeness (QED) is 0.457. The van der Waals surface area contributed by atoms with Crippen LogP contribution in [0.2, 0.25) is 0 Å². The largest absolute Gasteiger partial charge is 0.353 e. The molecule has 3 aromatic rings. The Bertz CT molecular complexity index is 1040. The van der Waals surface area contributed by atoms with Gasteiger partial charge in [-0.25, -0.2) is 4.98 Å². The van der Waals surface area contributed by atoms with Gasteiger partial charge >= 0.3 is 0 Å². The molecule has 28 heavy (non-hydrogen) atoms. The van der Waals surface area contributed by atoms with Crippen LogP contribution in [0.1, 0.15) is 37.1 Å². The summed E-state index contributed by atoms with van der Waals surface area (Å²) in [6.45, 7) is 8.09. The Kier molecular flexibility index (Phi) is 6.57. The van der Waals surface area contributed by atoms with E-state index < -0.39 is 0 Å². The van der Waals surface area contributed by atoms with Crippen LogP contribution in [0.5, 0.6) is 0 Å². The van der Waals surface area contributed by atoms with E-state index in [-0.39, 0.29) is 23.3 Å². The Morgan fingerprint density at radius 1 is 1.21 bits per heavy atom. The molecule has 0 aliphatic heterocycles. The fourth-order valence-corrected chi connectivity index (χ4v) is 4.96. The highest BCUT2D eigenvalue weighted by Crippen LogP contribution is 2.29. The maximum absolute atomic E-state index is 13.3. The molecule has 3 rings (SSSR count). The summed E-state index contributed by atoms with van der Waals surface area (Å²) in [6.07, 6.45) is 1.80. The van der Waals surface area contributed by atoms with Gasteiger partial charge < -0.3 is 5.32 Å². The van der Waals surface area contributed by atoms with E-state index in [1.165, 1.54) is 23.1 Å². The third-order valence-corrected chi connectivity index (χ3v) is 6.91. The van der Waals surface area contributed by atoms with E-state index in [1.54, 1.807) is 4.57 Å². The van der Waals surface area contributed by atoms with Crippen LogP contribution in [0.3, 0.4) is 0 Å². The first-order chi connectivity index (χ1) is 13.5. The second-order valence-electron chi connectivity index (χ2n) is 6.70. The Hall–Kier alpha value is -2.12. The molecule has 148 valence electrons. The Labute approximate surface area is 173 Å². The van der Waals surface area contributed by atoms with E-state index in [4.69, 9.17) is 4.98 Å². The highest BCUT2D eigenvalue weighted by molar-refractivity contribution is 7.99. The van der Waals surface area contributed by atoms with Crippen LogP contribution in [0.4, 0.5) is 0 Å². The summed E-state index contributed by atoms with van der Waals surface area (Å²) >= 11 is 2.83. The van der Waals surface area contributed by atoms with Crippen molar-refractivity contribution in [1.82, 2.24) is 14.9 Å². The first kappa shape index (κ1) is 20.6. The molecule has 0 saturated heterocycles. The summed E-state index contributed by atoms with van der Waals surface area (Å²) in [5.74, 6) is 0.191. The van der Waals surface area contributed by atoms with Gasteiger partial charge in [-0.1, -0.05) is 43.8 Å². The molecule has 0 saturated carbocycles. The second-order valence-corrected chi connectivity index (χ2v) is 8.85. The summed E-state index contributed by atoms with van der Waals surface area (Å²) < 4.78 is 1.62. The number of fused-ring (bicyclic) bond motifs is 1. The van der Waals surface area contributed by atoms with Crippen LogP contribution in [-0.4, -0.2) is 27.3 Å². The minimum Gasteiger partial charge on any atom is -0.353 e. The number of aryl methyl sites for hydroxylation is 2. The van der Waals surface area contributed by atoms with Gasteiger partial charge in [0.25, 0.3) is 5.56 Å². The predicted octanol–water partition coefficient (Wildman–Crippen LogP) is 4.46. The van der Waals surface area contributed by atoms with Crippen LogP contribution < -0.4 is 10.9 Å². The zero-order chi connectivity index (χ0) is 20.3. The second kappa shape index (κ2) is 8.92. The summed E-state index contributed by atoms with van der Waals surface area (Å²) in [5.41, 5.74) is 1.65. The van der Waals surface area contributed by atoms with E-state index in [0.717, 1.165) is 33.8 Å². The number of thiophene rings is 1. The Balaban J connectivity index is 2.01. The molecule has 0 radical (unpaired) electrons. The number of nitrogens with zero attached hydrogens (tertiary/aromatic N) is 2. The van der Waals surface area contributed by atoms with E-state index in [9.17, 15) is 9.59 Å². The molecule has 7 heteroatoms. The van der Waals surface area contributed by atoms with Gasteiger partial charge in [0.15, 0.2) is 5.16 Å². The molecule has 0 aliphatic rings. The lowest BCUT2D eigenvalue weighted by molar-refractivity contribution is -0.119. The van der Waals surface area contributed by atoms with Gasteiger partial charge in [0, 0.05) is 10.9 Å². The molecular formula is C21H25N3O2S2. The topological polar surface area (TPSA) is 64.0 Å². The number of thioether (sulfide) groups is 1. The molecule has 0 atom stereocenters. The van der Waals surface area contributed by atoms with Crippen molar-refractivity contribution >= 4 is 39.2 Å². The molecule has 2 aromatic heterocycles. The van der Waals surface area contributed by atoms with Gasteiger partial charge in [0.05, 0.1) is 16.8 Å². The molecule has 0 fully saturated rings. The van der Waals surface area contributed by atoms with E-state index >= 15 is 0 Å². The van der Waals surface area contributed by atoms with Crippen molar-refractivity contribution in [1.29, 1.82) is 0 Å². The number of rotatable bonds is 7. The van der Waals surface area contributed by atoms with E-state index in [1.807, 2.05) is 44.2 Å². The fraction of sp³-hybridized carbons (Fsp3) is 0.381. The maximum Gasteiger partial charge on any atom is 0.267 e. The molecule has 0 unspecified atom stereocenters. The Morgan fingerprint density at radius 2 is 1.89 bits per heavy atom. The first-order valence-electron chi connectivity index (χ1n) is 9.46. The number of hydrogen-bond donors (Lipinski definition) is 1. The number of aromatic nitrogens is 2. The molecule has 2 heterocycles. The van der Waals surface area contributed by atoms with Gasteiger partial charge in [-0.15, -0.1) is 11.3 Å². The third-order valence-electron chi connectivity index (χ3n) is 4.87. The lowest BCUT2D eigenvalue weighted by Gasteiger charge is -2.15. The highest BCUT2D eigenvalue weighted by Gasteiger charge is 2.19. The molecule has 1 N–H and O–H groups in total. The van der Waals surface area contributed by atoms with Crippen LogP contribution in [0.15, 0.2) is 40.3 Å². The van der Waals surface area contributed by atoms with Gasteiger partial charge in [-0.2, -0.15) is 0 Å². The average Bonchev–Trinajstić information content (AvgIpc) is 2.99. The molecule has 1 aromatic carbocycles. The van der Waals surface area contributed by atoms with Gasteiger partial charge in [0.1, 0.15) is 4.83 Å². The minimum atomic E-state index is -0.0825. The van der Waals surface area contributed by atoms with E-state index in [2.05, 4.69) is 19.2 Å². The number of carbonyl (C=O) groups excluding carboxylic acids is 1. The summed E-state index contributed by atoms with van der Waals surface area (Å²) in [4.78, 5) is 32.2. The molecule has 0 aliphatic carbocycles. The normalized spacial score (nSPS) is 11.3. The van der Waals surface area contributed by atoms with Crippen LogP contribution in [0.25, 0.3) is 15.9 Å². The van der Waals surface area contributed by atoms with Crippen molar-refractivity contribution < 1.29 is 4.79 Å². The zero-order valence-corrected chi connectivity index (χ0v) is 18.2. The van der Waals surface area contributed by atoms with Gasteiger partial charge in [-0.3, -0.25) is 14.2 Å². The summed E-state index contributed by atoms with van der Waals surface area (Å²) in [6, 6.07) is 9.66. The smallest absolute Gasteiger partial charge is 0.267 e. The standard InChI is InChI=1S/C21H25N3O2S2/c1-5-15(6-2)22-17(25)12-27-21-23-19-18(13(3)14(4)28-19)20(26)24(21)16-10-8-7-9-11-16/h7-11,15H,5-6,12H2,1-4H3,(H,22,25).